The van der Waals surface area contributed by atoms with Gasteiger partial charge in [-0.3, -0.25) is 0 Å². The number of methoxy groups -OCH3 is 3. The van der Waals surface area contributed by atoms with Crippen LogP contribution in [0.1, 0.15) is 15.9 Å². The Labute approximate surface area is 274 Å². The van der Waals surface area contributed by atoms with Crippen molar-refractivity contribution < 1.29 is 83.2 Å². The van der Waals surface area contributed by atoms with Crippen molar-refractivity contribution in [2.24, 2.45) is 0 Å². The molecular weight excluding hydrogens is 644 g/mol. The highest BCUT2D eigenvalue weighted by Gasteiger charge is 2.60. The van der Waals surface area contributed by atoms with Gasteiger partial charge < -0.3 is 73.6 Å². The number of benzene rings is 2. The average molecular weight is 683 g/mol. The summed E-state index contributed by atoms with van der Waals surface area (Å²) in [4.78, 5) is 25.4. The maximum Gasteiger partial charge on any atom is 0.338 e. The molecule has 0 aliphatic carbocycles. The molecule has 2 aromatic rings. The monoisotopic (exact) mass is 682 g/mol. The number of phenolic OH excluding ortho intramolecular Hbond substituents is 1. The Hall–Kier alpha value is -4.04. The van der Waals surface area contributed by atoms with Crippen molar-refractivity contribution in [1.82, 2.24) is 0 Å². The van der Waals surface area contributed by atoms with Crippen molar-refractivity contribution in [2.75, 3.05) is 41.2 Å². The zero-order valence-corrected chi connectivity index (χ0v) is 26.1. The van der Waals surface area contributed by atoms with Crippen molar-refractivity contribution in [3.8, 4) is 23.0 Å². The standard InChI is InChI=1S/C31H38O17/c1-41-18-10-15(11-19(42-2)27(18)43-3)4-9-22(35)46-28-24(37)20(12-32)47-31(28,14-33)48-30-26(39)25(38)23(36)21(45-30)13-44-29(40)16-5-7-17(34)8-6-16/h4-11,20-21,23-26,28,30,32-34,36-39H,12-14H2,1-3H3/b9-4-/t20-,21-,23-,24-,25+,26-,28+,30-,31-/m1/s1. The van der Waals surface area contributed by atoms with E-state index in [2.05, 4.69) is 0 Å². The Morgan fingerprint density at radius 2 is 1.52 bits per heavy atom. The normalized spacial score (nSPS) is 30.2. The van der Waals surface area contributed by atoms with E-state index in [0.717, 1.165) is 6.08 Å². The predicted octanol–water partition coefficient (Wildman–Crippen LogP) is -1.54. The van der Waals surface area contributed by atoms with Crippen molar-refractivity contribution >= 4 is 18.0 Å². The molecule has 2 heterocycles. The van der Waals surface area contributed by atoms with Crippen molar-refractivity contribution in [1.29, 1.82) is 0 Å². The Morgan fingerprint density at radius 3 is 2.08 bits per heavy atom. The van der Waals surface area contributed by atoms with E-state index < -0.39 is 86.6 Å². The number of aliphatic hydroxyl groups excluding tert-OH is 6. The van der Waals surface area contributed by atoms with Crippen LogP contribution in [0.5, 0.6) is 23.0 Å². The molecule has 0 unspecified atom stereocenters. The fourth-order valence-corrected chi connectivity index (χ4v) is 5.13. The minimum Gasteiger partial charge on any atom is -0.508 e. The molecule has 264 valence electrons. The highest BCUT2D eigenvalue weighted by atomic mass is 16.8. The van der Waals surface area contributed by atoms with Gasteiger partial charge in [0, 0.05) is 6.08 Å². The molecule has 7 N–H and O–H groups in total. The van der Waals surface area contributed by atoms with Gasteiger partial charge in [0.15, 0.2) is 23.9 Å². The molecule has 0 saturated carbocycles. The van der Waals surface area contributed by atoms with Gasteiger partial charge in [0.2, 0.25) is 11.5 Å². The summed E-state index contributed by atoms with van der Waals surface area (Å²) in [5, 5.41) is 72.2. The number of rotatable bonds is 13. The van der Waals surface area contributed by atoms with Crippen LogP contribution >= 0.6 is 0 Å². The van der Waals surface area contributed by atoms with Crippen LogP contribution < -0.4 is 14.2 Å². The first kappa shape index (κ1) is 36.8. The molecule has 0 bridgehead atoms. The molecule has 0 amide bonds. The van der Waals surface area contributed by atoms with Crippen LogP contribution in [0.15, 0.2) is 42.5 Å². The Balaban J connectivity index is 1.51. The molecule has 17 nitrogen and oxygen atoms in total. The molecule has 0 aromatic heterocycles. The lowest BCUT2D eigenvalue weighted by atomic mass is 9.98. The number of hydrogen-bond acceptors (Lipinski definition) is 17. The number of phenols is 1. The zero-order chi connectivity index (χ0) is 35.2. The number of carbonyl (C=O) groups is 2. The number of aliphatic hydroxyl groups is 6. The molecule has 2 fully saturated rings. The SMILES string of the molecule is COc1cc(/C=C\C(=O)O[C@H]2[C@H](O)[C@@H](CO)O[C@]2(CO)O[C@H]2O[C@H](COC(=O)c3ccc(O)cc3)[C@@H](O)[C@H](O)[C@H]2O)cc(OC)c1OC. The largest absolute Gasteiger partial charge is 0.508 e. The summed E-state index contributed by atoms with van der Waals surface area (Å²) < 4.78 is 43.3. The van der Waals surface area contributed by atoms with E-state index in [0.29, 0.717) is 22.8 Å². The third-order valence-corrected chi connectivity index (χ3v) is 7.68. The highest BCUT2D eigenvalue weighted by Crippen LogP contribution is 2.40. The summed E-state index contributed by atoms with van der Waals surface area (Å²) >= 11 is 0. The average Bonchev–Trinajstić information content (AvgIpc) is 3.36. The molecule has 48 heavy (non-hydrogen) atoms. The fourth-order valence-electron chi connectivity index (χ4n) is 5.13. The van der Waals surface area contributed by atoms with Crippen molar-refractivity contribution in [3.63, 3.8) is 0 Å². The van der Waals surface area contributed by atoms with E-state index in [-0.39, 0.29) is 11.3 Å². The van der Waals surface area contributed by atoms with Crippen LogP contribution in [0.4, 0.5) is 0 Å². The summed E-state index contributed by atoms with van der Waals surface area (Å²) in [6, 6.07) is 8.16. The smallest absolute Gasteiger partial charge is 0.338 e. The topological polar surface area (TPSA) is 250 Å². The molecule has 9 atom stereocenters. The van der Waals surface area contributed by atoms with E-state index >= 15 is 0 Å². The number of carbonyl (C=O) groups excluding carboxylic acids is 2. The third-order valence-electron chi connectivity index (χ3n) is 7.68. The minimum absolute atomic E-state index is 0.0538. The summed E-state index contributed by atoms with van der Waals surface area (Å²) in [7, 11) is 4.24. The summed E-state index contributed by atoms with van der Waals surface area (Å²) in [6.45, 7) is -2.59. The van der Waals surface area contributed by atoms with E-state index in [9.17, 15) is 45.3 Å². The highest BCUT2D eigenvalue weighted by molar-refractivity contribution is 5.89. The Bertz CT molecular complexity index is 1410. The van der Waals surface area contributed by atoms with Crippen molar-refractivity contribution in [2.45, 2.75) is 54.8 Å². The molecule has 0 spiro atoms. The summed E-state index contributed by atoms with van der Waals surface area (Å²) in [5.41, 5.74) is 0.476. The summed E-state index contributed by atoms with van der Waals surface area (Å²) in [5.74, 6) is -3.57. The van der Waals surface area contributed by atoms with E-state index in [1.807, 2.05) is 0 Å². The van der Waals surface area contributed by atoms with Gasteiger partial charge in [-0.15, -0.1) is 0 Å². The molecule has 0 radical (unpaired) electrons. The minimum atomic E-state index is -2.47. The zero-order valence-electron chi connectivity index (χ0n) is 26.1. The van der Waals surface area contributed by atoms with Crippen molar-refractivity contribution in [3.05, 3.63) is 53.6 Å². The second-order valence-corrected chi connectivity index (χ2v) is 10.7. The van der Waals surface area contributed by atoms with Crippen LogP contribution in [0, 0.1) is 0 Å². The van der Waals surface area contributed by atoms with Gasteiger partial charge in [0.05, 0.1) is 33.5 Å². The molecule has 2 aromatic carbocycles. The maximum atomic E-state index is 13.0. The van der Waals surface area contributed by atoms with E-state index in [4.69, 9.17) is 37.9 Å². The quantitative estimate of drug-likeness (QED) is 0.0934. The van der Waals surface area contributed by atoms with Gasteiger partial charge in [-0.2, -0.15) is 0 Å². The molecule has 17 heteroatoms. The second-order valence-electron chi connectivity index (χ2n) is 10.7. The second kappa shape index (κ2) is 15.9. The van der Waals surface area contributed by atoms with Gasteiger partial charge in [0.1, 0.15) is 55.6 Å². The first-order valence-electron chi connectivity index (χ1n) is 14.5. The van der Waals surface area contributed by atoms with Gasteiger partial charge in [0.25, 0.3) is 0 Å². The van der Waals surface area contributed by atoms with Gasteiger partial charge >= 0.3 is 11.9 Å². The first-order chi connectivity index (χ1) is 22.9. The molecule has 2 saturated heterocycles. The van der Waals surface area contributed by atoms with E-state index in [1.54, 1.807) is 12.1 Å². The van der Waals surface area contributed by atoms with Crippen LogP contribution in [-0.4, -0.2) is 144 Å². The first-order valence-corrected chi connectivity index (χ1v) is 14.5. The fraction of sp³-hybridized carbons (Fsp3) is 0.484. The number of hydrogen-bond donors (Lipinski definition) is 7. The molecular formula is C31H38O17. The van der Waals surface area contributed by atoms with Crippen LogP contribution in [0.2, 0.25) is 0 Å². The van der Waals surface area contributed by atoms with Crippen LogP contribution in [0.25, 0.3) is 6.08 Å². The number of esters is 2. The maximum absolute atomic E-state index is 13.0. The van der Waals surface area contributed by atoms with Crippen LogP contribution in [-0.2, 0) is 28.5 Å². The number of aromatic hydroxyl groups is 1. The van der Waals surface area contributed by atoms with Gasteiger partial charge in [-0.05, 0) is 48.0 Å². The predicted molar refractivity (Wildman–Crippen MR) is 159 cm³/mol. The van der Waals surface area contributed by atoms with Gasteiger partial charge in [-0.25, -0.2) is 9.59 Å². The molecule has 2 aliphatic rings. The van der Waals surface area contributed by atoms with Crippen LogP contribution in [0.3, 0.4) is 0 Å². The molecule has 4 rings (SSSR count). The Kier molecular flexibility index (Phi) is 12.2. The lowest BCUT2D eigenvalue weighted by Crippen LogP contribution is -2.63. The molecule has 2 aliphatic heterocycles. The van der Waals surface area contributed by atoms with Gasteiger partial charge in [-0.1, -0.05) is 0 Å². The third kappa shape index (κ3) is 7.81. The lowest BCUT2D eigenvalue weighted by Gasteiger charge is -2.43. The number of ether oxygens (including phenoxy) is 8. The Morgan fingerprint density at radius 1 is 0.875 bits per heavy atom. The van der Waals surface area contributed by atoms with E-state index in [1.165, 1.54) is 51.7 Å². The summed E-state index contributed by atoms with van der Waals surface area (Å²) in [6.07, 6.45) is -11.9. The lowest BCUT2D eigenvalue weighted by molar-refractivity contribution is -0.383.